The summed E-state index contributed by atoms with van der Waals surface area (Å²) in [7, 11) is 0. The topological polar surface area (TPSA) is 77.0 Å². The Morgan fingerprint density at radius 3 is 2.57 bits per heavy atom. The molecule has 0 aliphatic carbocycles. The number of amides is 1. The maximum Gasteiger partial charge on any atom is 0.355 e. The minimum atomic E-state index is -0.998. The van der Waals surface area contributed by atoms with Crippen LogP contribution in [0, 0.1) is 0 Å². The molecule has 2 rings (SSSR count). The number of nitrogens with zero attached hydrogens (tertiary/aromatic N) is 4. The fourth-order valence-corrected chi connectivity index (χ4v) is 5.25. The lowest BCUT2D eigenvalue weighted by atomic mass is 10.2. The number of carbonyl (C=O) groups excluding carboxylic acids is 1. The molecule has 1 N–H and O–H groups in total. The Bertz CT molecular complexity index is 636. The number of hydrogen-bond donors (Lipinski definition) is 1. The van der Waals surface area contributed by atoms with Crippen LogP contribution in [0.25, 0.3) is 0 Å². The summed E-state index contributed by atoms with van der Waals surface area (Å²) in [5.41, 5.74) is 0.0921. The number of carboxylic acid groups (broad SMARTS) is 1. The summed E-state index contributed by atoms with van der Waals surface area (Å²) in [6.07, 6.45) is 1.55. The molecule has 0 bridgehead atoms. The molecule has 7 nitrogen and oxygen atoms in total. The van der Waals surface area contributed by atoms with E-state index < -0.39 is 5.97 Å². The van der Waals surface area contributed by atoms with Gasteiger partial charge in [0.25, 0.3) is 0 Å². The molecule has 0 aromatic carbocycles. The third-order valence-electron chi connectivity index (χ3n) is 5.26. The van der Waals surface area contributed by atoms with Gasteiger partial charge < -0.3 is 19.8 Å². The molecule has 1 fully saturated rings. The molecule has 9 heteroatoms. The van der Waals surface area contributed by atoms with E-state index in [1.54, 1.807) is 5.38 Å². The fraction of sp³-hybridized carbons (Fsp3) is 0.737. The summed E-state index contributed by atoms with van der Waals surface area (Å²) in [6, 6.07) is 0.274. The van der Waals surface area contributed by atoms with Gasteiger partial charge in [0.2, 0.25) is 5.91 Å². The quantitative estimate of drug-likeness (QED) is 0.484. The molecular formula is C19H32N4O3S2. The van der Waals surface area contributed by atoms with Crippen LogP contribution in [0.4, 0.5) is 0 Å². The van der Waals surface area contributed by atoms with Crippen LogP contribution in [0.5, 0.6) is 0 Å². The van der Waals surface area contributed by atoms with E-state index in [0.717, 1.165) is 55.8 Å². The number of rotatable bonds is 13. The average molecular weight is 429 g/mol. The van der Waals surface area contributed by atoms with Crippen molar-refractivity contribution in [2.75, 3.05) is 51.6 Å². The lowest BCUT2D eigenvalue weighted by Gasteiger charge is -2.31. The third-order valence-corrected chi connectivity index (χ3v) is 7.26. The molecule has 1 aromatic heterocycles. The summed E-state index contributed by atoms with van der Waals surface area (Å²) in [4.78, 5) is 34.3. The second-order valence-corrected chi connectivity index (χ2v) is 9.05. The van der Waals surface area contributed by atoms with Gasteiger partial charge in [-0.15, -0.1) is 11.3 Å². The van der Waals surface area contributed by atoms with Gasteiger partial charge in [0.1, 0.15) is 0 Å². The molecule has 1 saturated heterocycles. The van der Waals surface area contributed by atoms with E-state index in [-0.39, 0.29) is 17.6 Å². The van der Waals surface area contributed by atoms with E-state index in [0.29, 0.717) is 13.0 Å². The van der Waals surface area contributed by atoms with Crippen LogP contribution in [-0.4, -0.2) is 94.3 Å². The van der Waals surface area contributed by atoms with E-state index in [4.69, 9.17) is 5.11 Å². The van der Waals surface area contributed by atoms with E-state index >= 15 is 0 Å². The van der Waals surface area contributed by atoms with Gasteiger partial charge in [0.05, 0.1) is 0 Å². The summed E-state index contributed by atoms with van der Waals surface area (Å²) in [5, 5.41) is 10.5. The van der Waals surface area contributed by atoms with Gasteiger partial charge in [-0.2, -0.15) is 0 Å². The van der Waals surface area contributed by atoms with Crippen molar-refractivity contribution in [2.24, 2.45) is 0 Å². The van der Waals surface area contributed by atoms with Crippen molar-refractivity contribution < 1.29 is 14.7 Å². The van der Waals surface area contributed by atoms with Gasteiger partial charge in [-0.1, -0.05) is 32.5 Å². The van der Waals surface area contributed by atoms with Crippen molar-refractivity contribution in [1.82, 2.24) is 19.7 Å². The Labute approximate surface area is 176 Å². The first-order chi connectivity index (χ1) is 13.5. The van der Waals surface area contributed by atoms with E-state index in [2.05, 4.69) is 35.6 Å². The second kappa shape index (κ2) is 11.7. The first-order valence-corrected chi connectivity index (χ1v) is 11.9. The van der Waals surface area contributed by atoms with E-state index in [1.807, 2.05) is 4.90 Å². The molecule has 158 valence electrons. The maximum absolute atomic E-state index is 12.3. The van der Waals surface area contributed by atoms with Gasteiger partial charge in [-0.3, -0.25) is 4.79 Å². The molecule has 0 radical (unpaired) electrons. The summed E-state index contributed by atoms with van der Waals surface area (Å²) >= 11 is 2.87. The molecule has 1 aliphatic rings. The molecule has 1 aliphatic heterocycles. The van der Waals surface area contributed by atoms with E-state index in [9.17, 15) is 9.59 Å². The highest BCUT2D eigenvalue weighted by atomic mass is 32.2. The zero-order chi connectivity index (χ0) is 20.5. The van der Waals surface area contributed by atoms with Crippen LogP contribution in [0.1, 0.15) is 44.1 Å². The Balaban J connectivity index is 1.82. The zero-order valence-corrected chi connectivity index (χ0v) is 18.7. The SMILES string of the molecule is CCN(CC)CCN(CC)C[C@H]1CCC(=O)N1CCSc1nc(C(=O)O)cs1. The predicted octanol–water partition coefficient (Wildman–Crippen LogP) is 2.59. The fourth-order valence-electron chi connectivity index (χ4n) is 3.44. The number of likely N-dealkylation sites (N-methyl/N-ethyl adjacent to an activating group) is 2. The Hall–Kier alpha value is -1.16. The molecule has 1 aromatic rings. The second-order valence-electron chi connectivity index (χ2n) is 6.85. The minimum Gasteiger partial charge on any atom is -0.476 e. The predicted molar refractivity (Wildman–Crippen MR) is 114 cm³/mol. The molecule has 0 unspecified atom stereocenters. The maximum atomic E-state index is 12.3. The van der Waals surface area contributed by atoms with Crippen LogP contribution in [-0.2, 0) is 4.79 Å². The zero-order valence-electron chi connectivity index (χ0n) is 17.1. The normalized spacial score (nSPS) is 17.2. The van der Waals surface area contributed by atoms with Crippen molar-refractivity contribution in [2.45, 2.75) is 44.0 Å². The van der Waals surface area contributed by atoms with Gasteiger partial charge in [0, 0.05) is 49.8 Å². The van der Waals surface area contributed by atoms with Gasteiger partial charge in [-0.25, -0.2) is 9.78 Å². The van der Waals surface area contributed by atoms with Crippen molar-refractivity contribution in [3.8, 4) is 0 Å². The highest BCUT2D eigenvalue weighted by Gasteiger charge is 2.31. The number of carbonyl (C=O) groups is 2. The number of aromatic carboxylic acids is 1. The number of thiazole rings is 1. The van der Waals surface area contributed by atoms with E-state index in [1.165, 1.54) is 23.1 Å². The molecule has 2 heterocycles. The number of hydrogen-bond acceptors (Lipinski definition) is 7. The number of likely N-dealkylation sites (tertiary alicyclic amines) is 1. The number of carboxylic acids is 1. The smallest absolute Gasteiger partial charge is 0.355 e. The highest BCUT2D eigenvalue weighted by Crippen LogP contribution is 2.25. The largest absolute Gasteiger partial charge is 0.476 e. The molecule has 0 spiro atoms. The third kappa shape index (κ3) is 6.72. The Morgan fingerprint density at radius 1 is 1.29 bits per heavy atom. The van der Waals surface area contributed by atoms with Crippen LogP contribution in [0.2, 0.25) is 0 Å². The summed E-state index contributed by atoms with van der Waals surface area (Å²) in [6.45, 7) is 13.4. The van der Waals surface area contributed by atoms with Crippen molar-refractivity contribution in [3.05, 3.63) is 11.1 Å². The monoisotopic (exact) mass is 428 g/mol. The van der Waals surface area contributed by atoms with Crippen molar-refractivity contribution >= 4 is 35.0 Å². The summed E-state index contributed by atoms with van der Waals surface area (Å²) in [5.74, 6) is -0.0292. The molecule has 1 atom stereocenters. The Morgan fingerprint density at radius 2 is 1.96 bits per heavy atom. The number of thioether (sulfide) groups is 1. The van der Waals surface area contributed by atoms with Gasteiger partial charge in [0.15, 0.2) is 10.0 Å². The Kier molecular flexibility index (Phi) is 9.70. The molecule has 28 heavy (non-hydrogen) atoms. The molecular weight excluding hydrogens is 396 g/mol. The van der Waals surface area contributed by atoms with Crippen LogP contribution in [0.15, 0.2) is 9.72 Å². The number of aromatic nitrogens is 1. The van der Waals surface area contributed by atoms with Gasteiger partial charge >= 0.3 is 5.97 Å². The molecule has 1 amide bonds. The van der Waals surface area contributed by atoms with Gasteiger partial charge in [-0.05, 0) is 26.1 Å². The standard InChI is InChI=1S/C19H32N4O3S2/c1-4-21(5-2)9-10-22(6-3)13-15-7-8-17(24)23(15)11-12-27-19-20-16(14-28-19)18(25)26/h14-15H,4-13H2,1-3H3,(H,25,26)/t15-/m1/s1. The lowest BCUT2D eigenvalue weighted by molar-refractivity contribution is -0.128. The average Bonchev–Trinajstić information content (AvgIpc) is 3.29. The van der Waals surface area contributed by atoms with Crippen molar-refractivity contribution in [3.63, 3.8) is 0 Å². The first-order valence-electron chi connectivity index (χ1n) is 10.0. The van der Waals surface area contributed by atoms with Crippen molar-refractivity contribution in [1.29, 1.82) is 0 Å². The van der Waals surface area contributed by atoms with Crippen LogP contribution in [0.3, 0.4) is 0 Å². The van der Waals surface area contributed by atoms with Crippen LogP contribution < -0.4 is 0 Å². The highest BCUT2D eigenvalue weighted by molar-refractivity contribution is 8.01. The first kappa shape index (κ1) is 23.1. The minimum absolute atomic E-state index is 0.0921. The van der Waals surface area contributed by atoms with Crippen LogP contribution >= 0.6 is 23.1 Å². The lowest BCUT2D eigenvalue weighted by Crippen LogP contribution is -2.45. The molecule has 0 saturated carbocycles. The summed E-state index contributed by atoms with van der Waals surface area (Å²) < 4.78 is 0.745.